The monoisotopic (exact) mass is 488 g/mol. The molecule has 36 heavy (non-hydrogen) atoms. The zero-order chi connectivity index (χ0) is 26.3. The maximum absolute atomic E-state index is 13.3. The molecule has 1 heterocycles. The van der Waals surface area contributed by atoms with Gasteiger partial charge in [-0.15, -0.1) is 0 Å². The molecule has 0 aromatic heterocycles. The van der Waals surface area contributed by atoms with Crippen LogP contribution in [0, 0.1) is 20.8 Å². The predicted molar refractivity (Wildman–Crippen MR) is 133 cm³/mol. The lowest BCUT2D eigenvalue weighted by molar-refractivity contribution is 0.0697. The highest BCUT2D eigenvalue weighted by Gasteiger charge is 2.38. The van der Waals surface area contributed by atoms with E-state index >= 15 is 0 Å². The number of ether oxygens (including phenoxy) is 2. The minimum absolute atomic E-state index is 0.0133. The summed E-state index contributed by atoms with van der Waals surface area (Å²) in [7, 11) is 2.75. The standard InChI is InChI=1S/C27H24N2O7/c1-13-8-14(2)23(15(3)9-13)29-25(31)17-7-6-16(10-18(17)26(29)32)24(30)28-20-12-22(36-5)21(35-4)11-19(20)27(33)34/h6-12H,1-5H3,(H,28,30)(H,33,34). The number of benzene rings is 3. The quantitative estimate of drug-likeness (QED) is 0.494. The normalized spacial score (nSPS) is 12.4. The van der Waals surface area contributed by atoms with Gasteiger partial charge in [0.15, 0.2) is 11.5 Å². The number of aromatic carboxylic acids is 1. The minimum atomic E-state index is -1.28. The van der Waals surface area contributed by atoms with Crippen LogP contribution in [-0.2, 0) is 0 Å². The van der Waals surface area contributed by atoms with Crippen LogP contribution in [0.5, 0.6) is 11.5 Å². The van der Waals surface area contributed by atoms with Crippen LogP contribution in [0.4, 0.5) is 11.4 Å². The number of hydrogen-bond acceptors (Lipinski definition) is 6. The molecule has 0 unspecified atom stereocenters. The third-order valence-corrected chi connectivity index (χ3v) is 6.01. The maximum atomic E-state index is 13.3. The molecule has 3 aromatic carbocycles. The highest BCUT2D eigenvalue weighted by Crippen LogP contribution is 2.35. The Morgan fingerprint density at radius 2 is 1.42 bits per heavy atom. The number of carboxylic acids is 1. The molecule has 0 aliphatic carbocycles. The molecular formula is C27H24N2O7. The van der Waals surface area contributed by atoms with Crippen LogP contribution in [-0.4, -0.2) is 43.0 Å². The number of rotatable bonds is 6. The van der Waals surface area contributed by atoms with Crippen molar-refractivity contribution in [2.45, 2.75) is 20.8 Å². The van der Waals surface area contributed by atoms with Crippen LogP contribution in [0.2, 0.25) is 0 Å². The van der Waals surface area contributed by atoms with Gasteiger partial charge in [-0.1, -0.05) is 17.7 Å². The molecule has 4 rings (SSSR count). The maximum Gasteiger partial charge on any atom is 0.337 e. The lowest BCUT2D eigenvalue weighted by atomic mass is 10.0. The van der Waals surface area contributed by atoms with Crippen molar-refractivity contribution >= 4 is 35.1 Å². The average Bonchev–Trinajstić information content (AvgIpc) is 3.07. The van der Waals surface area contributed by atoms with Crippen LogP contribution in [0.1, 0.15) is 58.1 Å². The Balaban J connectivity index is 1.69. The molecule has 0 spiro atoms. The Hall–Kier alpha value is -4.66. The van der Waals surface area contributed by atoms with Crippen LogP contribution < -0.4 is 19.7 Å². The van der Waals surface area contributed by atoms with E-state index in [4.69, 9.17) is 9.47 Å². The van der Waals surface area contributed by atoms with Gasteiger partial charge in [0, 0.05) is 17.7 Å². The Morgan fingerprint density at radius 3 is 2.00 bits per heavy atom. The Morgan fingerprint density at radius 1 is 0.833 bits per heavy atom. The van der Waals surface area contributed by atoms with Gasteiger partial charge in [0.25, 0.3) is 17.7 Å². The summed E-state index contributed by atoms with van der Waals surface area (Å²) in [6, 6.07) is 10.6. The van der Waals surface area contributed by atoms with Gasteiger partial charge < -0.3 is 19.9 Å². The van der Waals surface area contributed by atoms with E-state index in [1.54, 1.807) is 0 Å². The summed E-state index contributed by atoms with van der Waals surface area (Å²) in [6.45, 7) is 5.60. The average molecular weight is 488 g/mol. The SMILES string of the molecule is COc1cc(NC(=O)c2ccc3c(c2)C(=O)N(c2c(C)cc(C)cc2C)C3=O)c(C(=O)O)cc1OC. The molecular weight excluding hydrogens is 464 g/mol. The van der Waals surface area contributed by atoms with E-state index in [-0.39, 0.29) is 39.4 Å². The second kappa shape index (κ2) is 9.18. The molecule has 2 N–H and O–H groups in total. The summed E-state index contributed by atoms with van der Waals surface area (Å²) in [4.78, 5) is 52.4. The summed E-state index contributed by atoms with van der Waals surface area (Å²) in [5.74, 6) is -2.51. The van der Waals surface area contributed by atoms with Crippen molar-refractivity contribution in [3.8, 4) is 11.5 Å². The van der Waals surface area contributed by atoms with Crippen molar-refractivity contribution in [2.24, 2.45) is 0 Å². The zero-order valence-electron chi connectivity index (χ0n) is 20.4. The topological polar surface area (TPSA) is 122 Å². The first kappa shape index (κ1) is 24.5. The van der Waals surface area contributed by atoms with Crippen molar-refractivity contribution in [3.63, 3.8) is 0 Å². The number of nitrogens with one attached hydrogen (secondary N) is 1. The molecule has 3 aromatic rings. The van der Waals surface area contributed by atoms with Gasteiger partial charge in [0.05, 0.1) is 42.3 Å². The molecule has 0 radical (unpaired) electrons. The van der Waals surface area contributed by atoms with Crippen LogP contribution in [0.15, 0.2) is 42.5 Å². The number of fused-ring (bicyclic) bond motifs is 1. The van der Waals surface area contributed by atoms with Gasteiger partial charge in [-0.3, -0.25) is 14.4 Å². The van der Waals surface area contributed by atoms with Crippen molar-refractivity contribution in [2.75, 3.05) is 24.4 Å². The van der Waals surface area contributed by atoms with Gasteiger partial charge in [0.1, 0.15) is 0 Å². The van der Waals surface area contributed by atoms with Gasteiger partial charge in [-0.2, -0.15) is 0 Å². The van der Waals surface area contributed by atoms with E-state index in [0.29, 0.717) is 5.69 Å². The lowest BCUT2D eigenvalue weighted by Gasteiger charge is -2.20. The van der Waals surface area contributed by atoms with E-state index < -0.39 is 23.7 Å². The fraction of sp³-hybridized carbons (Fsp3) is 0.185. The highest BCUT2D eigenvalue weighted by atomic mass is 16.5. The van der Waals surface area contributed by atoms with Crippen molar-refractivity contribution in [3.05, 3.63) is 81.4 Å². The summed E-state index contributed by atoms with van der Waals surface area (Å²) < 4.78 is 10.3. The summed E-state index contributed by atoms with van der Waals surface area (Å²) in [5.41, 5.74) is 3.26. The third-order valence-electron chi connectivity index (χ3n) is 6.01. The second-order valence-corrected chi connectivity index (χ2v) is 8.47. The molecule has 0 saturated carbocycles. The van der Waals surface area contributed by atoms with Crippen LogP contribution >= 0.6 is 0 Å². The summed E-state index contributed by atoms with van der Waals surface area (Å²) in [6.07, 6.45) is 0. The van der Waals surface area contributed by atoms with Crippen LogP contribution in [0.3, 0.4) is 0 Å². The Kier molecular flexibility index (Phi) is 6.24. The number of carboxylic acid groups (broad SMARTS) is 1. The number of aryl methyl sites for hydroxylation is 3. The first-order valence-electron chi connectivity index (χ1n) is 11.0. The molecule has 3 amide bonds. The number of nitrogens with zero attached hydrogens (tertiary/aromatic N) is 1. The van der Waals surface area contributed by atoms with Crippen molar-refractivity contribution in [1.29, 1.82) is 0 Å². The largest absolute Gasteiger partial charge is 0.493 e. The van der Waals surface area contributed by atoms with Crippen molar-refractivity contribution < 1.29 is 33.8 Å². The smallest absolute Gasteiger partial charge is 0.337 e. The number of methoxy groups -OCH3 is 2. The number of carbonyl (C=O) groups is 4. The molecule has 0 bridgehead atoms. The first-order valence-corrected chi connectivity index (χ1v) is 11.0. The predicted octanol–water partition coefficient (Wildman–Crippen LogP) is 4.38. The van der Waals surface area contributed by atoms with E-state index in [0.717, 1.165) is 21.6 Å². The number of anilines is 2. The first-order chi connectivity index (χ1) is 17.1. The Bertz CT molecular complexity index is 1440. The van der Waals surface area contributed by atoms with E-state index in [1.165, 1.54) is 44.6 Å². The van der Waals surface area contributed by atoms with Crippen LogP contribution in [0.25, 0.3) is 0 Å². The molecule has 0 atom stereocenters. The molecule has 1 aliphatic heterocycles. The molecule has 0 fully saturated rings. The second-order valence-electron chi connectivity index (χ2n) is 8.47. The molecule has 1 aliphatic rings. The third kappa shape index (κ3) is 4.04. The molecule has 0 saturated heterocycles. The fourth-order valence-corrected chi connectivity index (χ4v) is 4.46. The van der Waals surface area contributed by atoms with E-state index in [2.05, 4.69) is 5.32 Å². The van der Waals surface area contributed by atoms with E-state index in [9.17, 15) is 24.3 Å². The number of amides is 3. The summed E-state index contributed by atoms with van der Waals surface area (Å²) >= 11 is 0. The minimum Gasteiger partial charge on any atom is -0.493 e. The van der Waals surface area contributed by atoms with Gasteiger partial charge >= 0.3 is 5.97 Å². The van der Waals surface area contributed by atoms with Gasteiger partial charge in [-0.25, -0.2) is 9.69 Å². The summed E-state index contributed by atoms with van der Waals surface area (Å²) in [5, 5.41) is 12.1. The van der Waals surface area contributed by atoms with Crippen molar-refractivity contribution in [1.82, 2.24) is 0 Å². The number of imide groups is 1. The van der Waals surface area contributed by atoms with Gasteiger partial charge in [-0.05, 0) is 50.1 Å². The van der Waals surface area contributed by atoms with Gasteiger partial charge in [0.2, 0.25) is 0 Å². The fourth-order valence-electron chi connectivity index (χ4n) is 4.46. The van der Waals surface area contributed by atoms with E-state index in [1.807, 2.05) is 32.9 Å². The Labute approximate surface area is 207 Å². The zero-order valence-corrected chi connectivity index (χ0v) is 20.4. The molecule has 184 valence electrons. The lowest BCUT2D eigenvalue weighted by Crippen LogP contribution is -2.30. The number of carbonyl (C=O) groups excluding carboxylic acids is 3. The molecule has 9 heteroatoms. The molecule has 9 nitrogen and oxygen atoms in total. The highest BCUT2D eigenvalue weighted by molar-refractivity contribution is 6.35. The number of hydrogen-bond donors (Lipinski definition) is 2.